The predicted octanol–water partition coefficient (Wildman–Crippen LogP) is 1.52. The Balaban J connectivity index is 1.93. The Morgan fingerprint density at radius 1 is 1.21 bits per heavy atom. The SMILES string of the molecule is c1ccc2c(c1)CCO[C@H]2C1CNC1. The fourth-order valence-electron chi connectivity index (χ4n) is 2.34. The van der Waals surface area contributed by atoms with Gasteiger partial charge in [0.2, 0.25) is 0 Å². The fraction of sp³-hybridized carbons (Fsp3) is 0.500. The Morgan fingerprint density at radius 3 is 2.86 bits per heavy atom. The molecule has 2 aliphatic rings. The van der Waals surface area contributed by atoms with Crippen LogP contribution in [0.2, 0.25) is 0 Å². The molecular weight excluding hydrogens is 174 g/mol. The van der Waals surface area contributed by atoms with Gasteiger partial charge in [-0.1, -0.05) is 24.3 Å². The molecule has 74 valence electrons. The van der Waals surface area contributed by atoms with E-state index in [1.54, 1.807) is 0 Å². The van der Waals surface area contributed by atoms with Crippen LogP contribution in [-0.4, -0.2) is 19.7 Å². The first kappa shape index (κ1) is 8.45. The highest BCUT2D eigenvalue weighted by molar-refractivity contribution is 5.31. The average Bonchev–Trinajstić information content (AvgIpc) is 2.16. The molecule has 0 unspecified atom stereocenters. The molecule has 14 heavy (non-hydrogen) atoms. The third-order valence-electron chi connectivity index (χ3n) is 3.27. The monoisotopic (exact) mass is 189 g/mol. The van der Waals surface area contributed by atoms with Gasteiger partial charge in [-0.3, -0.25) is 0 Å². The van der Waals surface area contributed by atoms with Crippen LogP contribution in [0.25, 0.3) is 0 Å². The Bertz CT molecular complexity index is 333. The highest BCUT2D eigenvalue weighted by atomic mass is 16.5. The normalized spacial score (nSPS) is 26.7. The van der Waals surface area contributed by atoms with E-state index in [1.807, 2.05) is 0 Å². The number of nitrogens with one attached hydrogen (secondary N) is 1. The van der Waals surface area contributed by atoms with E-state index < -0.39 is 0 Å². The van der Waals surface area contributed by atoms with Gasteiger partial charge in [0.1, 0.15) is 0 Å². The minimum atomic E-state index is 0.348. The topological polar surface area (TPSA) is 21.3 Å². The molecule has 0 spiro atoms. The van der Waals surface area contributed by atoms with Crippen LogP contribution >= 0.6 is 0 Å². The molecule has 1 fully saturated rings. The summed E-state index contributed by atoms with van der Waals surface area (Å²) in [5.74, 6) is 0.691. The number of hydrogen-bond acceptors (Lipinski definition) is 2. The minimum absolute atomic E-state index is 0.348. The van der Waals surface area contributed by atoms with Crippen molar-refractivity contribution in [3.63, 3.8) is 0 Å². The quantitative estimate of drug-likeness (QED) is 0.723. The summed E-state index contributed by atoms with van der Waals surface area (Å²) < 4.78 is 5.87. The Labute approximate surface area is 84.3 Å². The summed E-state index contributed by atoms with van der Waals surface area (Å²) in [6, 6.07) is 8.70. The maximum Gasteiger partial charge on any atom is 0.0880 e. The van der Waals surface area contributed by atoms with Crippen LogP contribution in [-0.2, 0) is 11.2 Å². The zero-order valence-corrected chi connectivity index (χ0v) is 8.20. The van der Waals surface area contributed by atoms with Crippen LogP contribution in [0.5, 0.6) is 0 Å². The molecule has 0 aromatic heterocycles. The van der Waals surface area contributed by atoms with Crippen LogP contribution in [0.15, 0.2) is 24.3 Å². The van der Waals surface area contributed by atoms with Gasteiger partial charge in [0.15, 0.2) is 0 Å². The lowest BCUT2D eigenvalue weighted by Gasteiger charge is -2.37. The van der Waals surface area contributed by atoms with E-state index in [1.165, 1.54) is 11.1 Å². The number of ether oxygens (including phenoxy) is 1. The van der Waals surface area contributed by atoms with E-state index >= 15 is 0 Å². The summed E-state index contributed by atoms with van der Waals surface area (Å²) in [6.07, 6.45) is 1.42. The molecule has 0 aliphatic carbocycles. The summed E-state index contributed by atoms with van der Waals surface area (Å²) in [5, 5.41) is 3.31. The first-order chi connectivity index (χ1) is 6.95. The second-order valence-electron chi connectivity index (χ2n) is 4.16. The lowest BCUT2D eigenvalue weighted by molar-refractivity contribution is -0.0150. The maximum absolute atomic E-state index is 5.87. The van der Waals surface area contributed by atoms with Gasteiger partial charge in [-0.2, -0.15) is 0 Å². The van der Waals surface area contributed by atoms with Gasteiger partial charge >= 0.3 is 0 Å². The summed E-state index contributed by atoms with van der Waals surface area (Å²) >= 11 is 0. The fourth-order valence-corrected chi connectivity index (χ4v) is 2.34. The Hall–Kier alpha value is -0.860. The average molecular weight is 189 g/mol. The highest BCUT2D eigenvalue weighted by Gasteiger charge is 2.32. The van der Waals surface area contributed by atoms with Crippen molar-refractivity contribution in [2.45, 2.75) is 12.5 Å². The molecule has 2 nitrogen and oxygen atoms in total. The van der Waals surface area contributed by atoms with Gasteiger partial charge in [0.05, 0.1) is 12.7 Å². The molecule has 1 atom stereocenters. The second-order valence-corrected chi connectivity index (χ2v) is 4.16. The van der Waals surface area contributed by atoms with E-state index in [2.05, 4.69) is 29.6 Å². The summed E-state index contributed by atoms with van der Waals surface area (Å²) in [5.41, 5.74) is 2.90. The molecule has 2 heteroatoms. The summed E-state index contributed by atoms with van der Waals surface area (Å²) in [4.78, 5) is 0. The van der Waals surface area contributed by atoms with Gasteiger partial charge < -0.3 is 10.1 Å². The van der Waals surface area contributed by atoms with Crippen molar-refractivity contribution in [2.75, 3.05) is 19.7 Å². The van der Waals surface area contributed by atoms with Crippen molar-refractivity contribution in [1.82, 2.24) is 5.32 Å². The van der Waals surface area contributed by atoms with Crippen molar-refractivity contribution in [3.8, 4) is 0 Å². The molecule has 1 aromatic rings. The molecule has 1 N–H and O–H groups in total. The van der Waals surface area contributed by atoms with Crippen molar-refractivity contribution in [3.05, 3.63) is 35.4 Å². The molecule has 0 radical (unpaired) electrons. The van der Waals surface area contributed by atoms with Crippen molar-refractivity contribution in [2.24, 2.45) is 5.92 Å². The van der Waals surface area contributed by atoms with Gasteiger partial charge in [0, 0.05) is 19.0 Å². The molecule has 0 saturated carbocycles. The van der Waals surface area contributed by atoms with E-state index in [-0.39, 0.29) is 0 Å². The van der Waals surface area contributed by atoms with Crippen molar-refractivity contribution < 1.29 is 4.74 Å². The first-order valence-corrected chi connectivity index (χ1v) is 5.35. The van der Waals surface area contributed by atoms with Crippen LogP contribution in [0.1, 0.15) is 17.2 Å². The third-order valence-corrected chi connectivity index (χ3v) is 3.27. The smallest absolute Gasteiger partial charge is 0.0880 e. The van der Waals surface area contributed by atoms with Gasteiger partial charge in [-0.25, -0.2) is 0 Å². The van der Waals surface area contributed by atoms with E-state index in [4.69, 9.17) is 4.74 Å². The van der Waals surface area contributed by atoms with Crippen LogP contribution in [0, 0.1) is 5.92 Å². The van der Waals surface area contributed by atoms with Gasteiger partial charge in [-0.15, -0.1) is 0 Å². The largest absolute Gasteiger partial charge is 0.373 e. The van der Waals surface area contributed by atoms with E-state index in [0.717, 1.165) is 26.1 Å². The van der Waals surface area contributed by atoms with Crippen LogP contribution in [0.3, 0.4) is 0 Å². The number of fused-ring (bicyclic) bond motifs is 1. The van der Waals surface area contributed by atoms with Gasteiger partial charge in [-0.05, 0) is 17.5 Å². The van der Waals surface area contributed by atoms with Crippen molar-refractivity contribution >= 4 is 0 Å². The second kappa shape index (κ2) is 3.37. The molecule has 0 amide bonds. The number of benzene rings is 1. The summed E-state index contributed by atoms with van der Waals surface area (Å²) in [7, 11) is 0. The third kappa shape index (κ3) is 1.26. The number of rotatable bonds is 1. The molecule has 3 rings (SSSR count). The first-order valence-electron chi connectivity index (χ1n) is 5.35. The number of hydrogen-bond donors (Lipinski definition) is 1. The zero-order valence-electron chi connectivity index (χ0n) is 8.20. The Morgan fingerprint density at radius 2 is 2.07 bits per heavy atom. The van der Waals surface area contributed by atoms with Crippen LogP contribution < -0.4 is 5.32 Å². The van der Waals surface area contributed by atoms with E-state index in [0.29, 0.717) is 12.0 Å². The lowest BCUT2D eigenvalue weighted by Crippen LogP contribution is -2.46. The minimum Gasteiger partial charge on any atom is -0.373 e. The molecular formula is C12H15NO. The van der Waals surface area contributed by atoms with Crippen molar-refractivity contribution in [1.29, 1.82) is 0 Å². The van der Waals surface area contributed by atoms with E-state index in [9.17, 15) is 0 Å². The maximum atomic E-state index is 5.87. The molecule has 1 saturated heterocycles. The standard InChI is InChI=1S/C12H15NO/c1-2-4-11-9(3-1)5-6-14-12(11)10-7-13-8-10/h1-4,10,12-13H,5-8H2/t12-/m0/s1. The van der Waals surface area contributed by atoms with Crippen LogP contribution in [0.4, 0.5) is 0 Å². The highest BCUT2D eigenvalue weighted by Crippen LogP contribution is 2.34. The molecule has 2 heterocycles. The summed E-state index contributed by atoms with van der Waals surface area (Å²) in [6.45, 7) is 3.11. The predicted molar refractivity (Wildman–Crippen MR) is 55.2 cm³/mol. The molecule has 0 bridgehead atoms. The lowest BCUT2D eigenvalue weighted by atomic mass is 9.86. The Kier molecular flexibility index (Phi) is 2.03. The molecule has 2 aliphatic heterocycles. The zero-order chi connectivity index (χ0) is 9.38. The molecule has 1 aromatic carbocycles. The van der Waals surface area contributed by atoms with Gasteiger partial charge in [0.25, 0.3) is 0 Å².